The number of hydrogen-bond acceptors (Lipinski definition) is 7. The smallest absolute Gasteiger partial charge is 0.276 e. The lowest BCUT2D eigenvalue weighted by atomic mass is 10.1. The molecule has 7 nitrogen and oxygen atoms in total. The molecule has 2 aliphatic heterocycles. The topological polar surface area (TPSA) is 79.5 Å². The minimum atomic E-state index is -3.48. The molecule has 29 heavy (non-hydrogen) atoms. The molecule has 0 saturated carbocycles. The Morgan fingerprint density at radius 1 is 0.966 bits per heavy atom. The number of aromatic nitrogens is 2. The molecule has 2 fully saturated rings. The van der Waals surface area contributed by atoms with Gasteiger partial charge in [0.05, 0.1) is 4.90 Å². The van der Waals surface area contributed by atoms with Gasteiger partial charge in [0.25, 0.3) is 5.22 Å². The van der Waals surface area contributed by atoms with Crippen LogP contribution in [0.4, 0.5) is 0 Å². The Kier molecular flexibility index (Phi) is 6.89. The largest absolute Gasteiger partial charge is 0.411 e. The van der Waals surface area contributed by atoms with Crippen LogP contribution in [0.15, 0.2) is 38.8 Å². The maximum absolute atomic E-state index is 12.9. The van der Waals surface area contributed by atoms with Crippen LogP contribution in [0.1, 0.15) is 38.5 Å². The quantitative estimate of drug-likeness (QED) is 0.615. The fraction of sp³-hybridized carbons (Fsp3) is 0.600. The molecule has 4 rings (SSSR count). The monoisotopic (exact) mass is 436 g/mol. The van der Waals surface area contributed by atoms with Crippen LogP contribution in [-0.4, -0.2) is 66.3 Å². The van der Waals surface area contributed by atoms with Gasteiger partial charge >= 0.3 is 0 Å². The fourth-order valence-corrected chi connectivity index (χ4v) is 6.20. The average Bonchev–Trinajstić information content (AvgIpc) is 3.24. The van der Waals surface area contributed by atoms with Crippen molar-refractivity contribution in [3.05, 3.63) is 24.3 Å². The number of hydrogen-bond donors (Lipinski definition) is 0. The van der Waals surface area contributed by atoms with Gasteiger partial charge in [0.15, 0.2) is 0 Å². The summed E-state index contributed by atoms with van der Waals surface area (Å²) >= 11 is 1.55. The molecule has 0 amide bonds. The molecule has 0 N–H and O–H groups in total. The van der Waals surface area contributed by atoms with Crippen molar-refractivity contribution >= 4 is 21.8 Å². The SMILES string of the molecule is O=S(=O)(c1cccc(-c2nnc(SCCN3CCCCC3)o2)c1)N1CCCCC1. The first-order valence-electron chi connectivity index (χ1n) is 10.4. The number of benzene rings is 1. The Morgan fingerprint density at radius 3 is 2.45 bits per heavy atom. The molecular weight excluding hydrogens is 408 g/mol. The third kappa shape index (κ3) is 5.20. The van der Waals surface area contributed by atoms with Crippen LogP contribution >= 0.6 is 11.8 Å². The van der Waals surface area contributed by atoms with Crippen molar-refractivity contribution in [2.75, 3.05) is 38.5 Å². The Labute approximate surface area is 176 Å². The van der Waals surface area contributed by atoms with Gasteiger partial charge in [-0.15, -0.1) is 10.2 Å². The first kappa shape index (κ1) is 20.8. The molecule has 0 aliphatic carbocycles. The second-order valence-electron chi connectivity index (χ2n) is 7.62. The molecule has 1 aromatic carbocycles. The van der Waals surface area contributed by atoms with Gasteiger partial charge in [-0.05, 0) is 57.0 Å². The standard InChI is InChI=1S/C20H28N4O3S2/c25-29(26,24-12-5-2-6-13-24)18-9-7-8-17(16-18)19-21-22-20(27-19)28-15-14-23-10-3-1-4-11-23/h7-9,16H,1-6,10-15H2. The summed E-state index contributed by atoms with van der Waals surface area (Å²) in [4.78, 5) is 2.76. The van der Waals surface area contributed by atoms with E-state index in [2.05, 4.69) is 15.1 Å². The first-order valence-corrected chi connectivity index (χ1v) is 12.8. The highest BCUT2D eigenvalue weighted by Gasteiger charge is 2.26. The van der Waals surface area contributed by atoms with Crippen molar-refractivity contribution in [1.29, 1.82) is 0 Å². The van der Waals surface area contributed by atoms with Gasteiger partial charge in [-0.3, -0.25) is 0 Å². The summed E-state index contributed by atoms with van der Waals surface area (Å²) in [6.45, 7) is 4.55. The van der Waals surface area contributed by atoms with E-state index in [1.165, 1.54) is 32.4 Å². The molecule has 3 heterocycles. The predicted octanol–water partition coefficient (Wildman–Crippen LogP) is 3.49. The van der Waals surface area contributed by atoms with E-state index in [1.807, 2.05) is 6.07 Å². The summed E-state index contributed by atoms with van der Waals surface area (Å²) in [5.41, 5.74) is 0.637. The zero-order valence-electron chi connectivity index (χ0n) is 16.6. The Hall–Kier alpha value is -1.42. The van der Waals surface area contributed by atoms with Crippen molar-refractivity contribution in [3.8, 4) is 11.5 Å². The van der Waals surface area contributed by atoms with Gasteiger partial charge in [0, 0.05) is 31.0 Å². The second kappa shape index (κ2) is 9.59. The van der Waals surface area contributed by atoms with Gasteiger partial charge in [0.2, 0.25) is 15.9 Å². The second-order valence-corrected chi connectivity index (χ2v) is 10.6. The van der Waals surface area contributed by atoms with Gasteiger partial charge in [-0.2, -0.15) is 4.31 Å². The van der Waals surface area contributed by atoms with Crippen molar-refractivity contribution in [2.45, 2.75) is 48.6 Å². The zero-order chi connectivity index (χ0) is 20.1. The van der Waals surface area contributed by atoms with E-state index in [4.69, 9.17) is 4.42 Å². The van der Waals surface area contributed by atoms with E-state index in [0.717, 1.165) is 31.6 Å². The molecule has 2 saturated heterocycles. The number of nitrogens with zero attached hydrogens (tertiary/aromatic N) is 4. The summed E-state index contributed by atoms with van der Waals surface area (Å²) in [7, 11) is -3.48. The molecule has 0 bridgehead atoms. The maximum Gasteiger partial charge on any atom is 0.276 e. The number of thioether (sulfide) groups is 1. The Morgan fingerprint density at radius 2 is 1.69 bits per heavy atom. The molecule has 0 spiro atoms. The van der Waals surface area contributed by atoms with Gasteiger partial charge in [0.1, 0.15) is 0 Å². The number of sulfonamides is 1. The van der Waals surface area contributed by atoms with Crippen molar-refractivity contribution < 1.29 is 12.8 Å². The molecule has 0 unspecified atom stereocenters. The predicted molar refractivity (Wildman–Crippen MR) is 113 cm³/mol. The molecule has 158 valence electrons. The summed E-state index contributed by atoms with van der Waals surface area (Å²) in [6, 6.07) is 6.82. The van der Waals surface area contributed by atoms with E-state index < -0.39 is 10.0 Å². The lowest BCUT2D eigenvalue weighted by Gasteiger charge is -2.25. The van der Waals surface area contributed by atoms with Crippen LogP contribution in [0, 0.1) is 0 Å². The van der Waals surface area contributed by atoms with Crippen LogP contribution in [0.5, 0.6) is 0 Å². The van der Waals surface area contributed by atoms with E-state index >= 15 is 0 Å². The van der Waals surface area contributed by atoms with Crippen LogP contribution in [0.3, 0.4) is 0 Å². The third-order valence-corrected chi connectivity index (χ3v) is 8.22. The minimum Gasteiger partial charge on any atom is -0.411 e. The van der Waals surface area contributed by atoms with Crippen LogP contribution < -0.4 is 0 Å². The van der Waals surface area contributed by atoms with Crippen molar-refractivity contribution in [3.63, 3.8) is 0 Å². The highest BCUT2D eigenvalue weighted by molar-refractivity contribution is 7.99. The number of piperidine rings is 2. The molecule has 9 heteroatoms. The average molecular weight is 437 g/mol. The number of rotatable bonds is 7. The lowest BCUT2D eigenvalue weighted by molar-refractivity contribution is 0.242. The van der Waals surface area contributed by atoms with Crippen LogP contribution in [0.2, 0.25) is 0 Å². The Balaban J connectivity index is 1.40. The summed E-state index contributed by atoms with van der Waals surface area (Å²) < 4.78 is 33.2. The van der Waals surface area contributed by atoms with Crippen molar-refractivity contribution in [2.24, 2.45) is 0 Å². The summed E-state index contributed by atoms with van der Waals surface area (Å²) in [5.74, 6) is 1.27. The molecule has 1 aromatic heterocycles. The normalized spacial score (nSPS) is 19.4. The van der Waals surface area contributed by atoms with Crippen LogP contribution in [-0.2, 0) is 10.0 Å². The maximum atomic E-state index is 12.9. The highest BCUT2D eigenvalue weighted by Crippen LogP contribution is 2.27. The summed E-state index contributed by atoms with van der Waals surface area (Å²) in [6.07, 6.45) is 6.83. The first-order chi connectivity index (χ1) is 14.1. The zero-order valence-corrected chi connectivity index (χ0v) is 18.3. The fourth-order valence-electron chi connectivity index (χ4n) is 3.87. The van der Waals surface area contributed by atoms with Crippen LogP contribution in [0.25, 0.3) is 11.5 Å². The highest BCUT2D eigenvalue weighted by atomic mass is 32.2. The summed E-state index contributed by atoms with van der Waals surface area (Å²) in [5, 5.41) is 8.78. The third-order valence-electron chi connectivity index (χ3n) is 5.52. The van der Waals surface area contributed by atoms with Crippen molar-refractivity contribution in [1.82, 2.24) is 19.4 Å². The lowest BCUT2D eigenvalue weighted by Crippen LogP contribution is -2.35. The van der Waals surface area contributed by atoms with Gasteiger partial charge in [-0.1, -0.05) is 30.7 Å². The minimum absolute atomic E-state index is 0.286. The molecular formula is C20H28N4O3S2. The van der Waals surface area contributed by atoms with Gasteiger partial charge < -0.3 is 9.32 Å². The molecule has 0 radical (unpaired) electrons. The molecule has 0 atom stereocenters. The Bertz CT molecular complexity index is 904. The van der Waals surface area contributed by atoms with E-state index in [9.17, 15) is 8.42 Å². The van der Waals surface area contributed by atoms with Gasteiger partial charge in [-0.25, -0.2) is 8.42 Å². The van der Waals surface area contributed by atoms with E-state index in [1.54, 1.807) is 34.3 Å². The molecule has 2 aliphatic rings. The van der Waals surface area contributed by atoms with E-state index in [-0.39, 0.29) is 4.90 Å². The molecule has 2 aromatic rings. The number of likely N-dealkylation sites (tertiary alicyclic amines) is 1. The van der Waals surface area contributed by atoms with E-state index in [0.29, 0.717) is 29.8 Å².